The van der Waals surface area contributed by atoms with Crippen molar-refractivity contribution in [3.8, 4) is 0 Å². The second kappa shape index (κ2) is 5.95. The van der Waals surface area contributed by atoms with Gasteiger partial charge in [-0.05, 0) is 31.0 Å². The highest BCUT2D eigenvalue weighted by Gasteiger charge is 2.53. The smallest absolute Gasteiger partial charge is 0.330 e. The lowest BCUT2D eigenvalue weighted by molar-refractivity contribution is -0.154. The van der Waals surface area contributed by atoms with Crippen LogP contribution >= 0.6 is 35.0 Å². The molecule has 118 valence electrons. The number of hydrogen-bond acceptors (Lipinski definition) is 4. The van der Waals surface area contributed by atoms with Crippen molar-refractivity contribution in [2.45, 2.75) is 37.3 Å². The van der Waals surface area contributed by atoms with Crippen LogP contribution in [0.15, 0.2) is 18.2 Å². The van der Waals surface area contributed by atoms with Crippen LogP contribution in [0, 0.1) is 0 Å². The van der Waals surface area contributed by atoms with Crippen LogP contribution in [-0.2, 0) is 20.9 Å². The lowest BCUT2D eigenvalue weighted by atomic mass is 10.2. The van der Waals surface area contributed by atoms with Gasteiger partial charge in [0, 0.05) is 12.2 Å². The molecule has 0 saturated carbocycles. The molecule has 1 amide bonds. The van der Waals surface area contributed by atoms with E-state index in [1.165, 1.54) is 0 Å². The second-order valence-corrected chi connectivity index (χ2v) is 7.94. The summed E-state index contributed by atoms with van der Waals surface area (Å²) in [5, 5.41) is 0.885. The van der Waals surface area contributed by atoms with Crippen LogP contribution in [0.2, 0.25) is 10.0 Å². The predicted molar refractivity (Wildman–Crippen MR) is 87.0 cm³/mol. The first-order chi connectivity index (χ1) is 10.4. The van der Waals surface area contributed by atoms with E-state index in [2.05, 4.69) is 0 Å². The Balaban J connectivity index is 1.65. The third-order valence-corrected chi connectivity index (χ3v) is 6.33. The van der Waals surface area contributed by atoms with Crippen molar-refractivity contribution in [1.29, 1.82) is 0 Å². The molecule has 0 spiro atoms. The number of hydrogen-bond donors (Lipinski definition) is 0. The number of esters is 1. The van der Waals surface area contributed by atoms with Crippen molar-refractivity contribution in [2.75, 3.05) is 5.75 Å². The van der Waals surface area contributed by atoms with Gasteiger partial charge in [0.2, 0.25) is 5.91 Å². The van der Waals surface area contributed by atoms with Gasteiger partial charge in [-0.25, -0.2) is 4.79 Å². The summed E-state index contributed by atoms with van der Waals surface area (Å²) in [7, 11) is 0. The molecular weight excluding hydrogens is 345 g/mol. The largest absolute Gasteiger partial charge is 0.459 e. The highest BCUT2D eigenvalue weighted by Crippen LogP contribution is 2.47. The molecule has 3 rings (SSSR count). The van der Waals surface area contributed by atoms with Crippen molar-refractivity contribution >= 4 is 46.8 Å². The number of carbonyl (C=O) groups excluding carboxylic acids is 2. The normalized spacial score (nSPS) is 27.1. The molecule has 7 heteroatoms. The van der Waals surface area contributed by atoms with Crippen molar-refractivity contribution in [2.24, 2.45) is 0 Å². The first-order valence-corrected chi connectivity index (χ1v) is 8.71. The van der Waals surface area contributed by atoms with Crippen molar-refractivity contribution in [3.63, 3.8) is 0 Å². The lowest BCUT2D eigenvalue weighted by Crippen LogP contribution is -2.46. The van der Waals surface area contributed by atoms with Gasteiger partial charge in [0.25, 0.3) is 0 Å². The zero-order chi connectivity index (χ0) is 15.9. The fourth-order valence-corrected chi connectivity index (χ4v) is 4.61. The van der Waals surface area contributed by atoms with Gasteiger partial charge in [-0.15, -0.1) is 11.8 Å². The fraction of sp³-hybridized carbons (Fsp3) is 0.467. The van der Waals surface area contributed by atoms with Gasteiger partial charge in [0.1, 0.15) is 12.6 Å². The number of benzene rings is 1. The molecule has 22 heavy (non-hydrogen) atoms. The van der Waals surface area contributed by atoms with Crippen LogP contribution in [-0.4, -0.2) is 33.4 Å². The summed E-state index contributed by atoms with van der Waals surface area (Å²) in [5.74, 6) is 0.254. The van der Waals surface area contributed by atoms with Crippen LogP contribution in [0.5, 0.6) is 0 Å². The number of thioether (sulfide) groups is 1. The van der Waals surface area contributed by atoms with Gasteiger partial charge in [0.05, 0.1) is 14.9 Å². The number of rotatable bonds is 3. The number of amides is 1. The Labute approximate surface area is 143 Å². The summed E-state index contributed by atoms with van der Waals surface area (Å²) in [5.41, 5.74) is 0.768. The molecule has 2 fully saturated rings. The van der Waals surface area contributed by atoms with E-state index in [9.17, 15) is 9.59 Å². The Hall–Kier alpha value is -0.910. The van der Waals surface area contributed by atoms with Crippen LogP contribution in [0.25, 0.3) is 0 Å². The molecule has 0 N–H and O–H groups in total. The van der Waals surface area contributed by atoms with E-state index >= 15 is 0 Å². The molecule has 2 aliphatic rings. The van der Waals surface area contributed by atoms with Crippen molar-refractivity contribution in [3.05, 3.63) is 33.8 Å². The summed E-state index contributed by atoms with van der Waals surface area (Å²) in [6, 6.07) is 4.61. The monoisotopic (exact) mass is 359 g/mol. The van der Waals surface area contributed by atoms with Gasteiger partial charge in [-0.2, -0.15) is 0 Å². The van der Waals surface area contributed by atoms with E-state index in [-0.39, 0.29) is 23.4 Å². The molecule has 0 bridgehead atoms. The Morgan fingerprint density at radius 3 is 2.95 bits per heavy atom. The van der Waals surface area contributed by atoms with Crippen molar-refractivity contribution in [1.82, 2.24) is 4.90 Å². The summed E-state index contributed by atoms with van der Waals surface area (Å²) in [4.78, 5) is 25.7. The maximum absolute atomic E-state index is 12.3. The Morgan fingerprint density at radius 1 is 1.45 bits per heavy atom. The lowest BCUT2D eigenvalue weighted by Gasteiger charge is -2.29. The molecule has 2 atom stereocenters. The van der Waals surface area contributed by atoms with Crippen LogP contribution in [0.3, 0.4) is 0 Å². The number of nitrogens with zero attached hydrogens (tertiary/aromatic N) is 1. The molecule has 0 aliphatic carbocycles. The maximum atomic E-state index is 12.3. The SMILES string of the molecule is C[C@@]12CCC(=O)N1[C@H](C(=O)OCc1ccc(Cl)c(Cl)c1)CS2. The molecule has 1 aromatic carbocycles. The third-order valence-electron chi connectivity index (χ3n) is 4.08. The van der Waals surface area contributed by atoms with Gasteiger partial charge >= 0.3 is 5.97 Å². The van der Waals surface area contributed by atoms with Gasteiger partial charge in [-0.1, -0.05) is 29.3 Å². The summed E-state index contributed by atoms with van der Waals surface area (Å²) in [6.07, 6.45) is 1.28. The minimum absolute atomic E-state index is 0.0315. The summed E-state index contributed by atoms with van der Waals surface area (Å²) < 4.78 is 5.36. The molecule has 4 nitrogen and oxygen atoms in total. The average Bonchev–Trinajstić information content (AvgIpc) is 2.97. The maximum Gasteiger partial charge on any atom is 0.330 e. The van der Waals surface area contributed by atoms with Gasteiger partial charge in [0.15, 0.2) is 0 Å². The topological polar surface area (TPSA) is 46.6 Å². The molecule has 2 aliphatic heterocycles. The quantitative estimate of drug-likeness (QED) is 0.775. The molecule has 2 saturated heterocycles. The first-order valence-electron chi connectivity index (χ1n) is 6.97. The zero-order valence-corrected chi connectivity index (χ0v) is 14.3. The van der Waals surface area contributed by atoms with E-state index in [0.29, 0.717) is 22.2 Å². The molecule has 0 aromatic heterocycles. The summed E-state index contributed by atoms with van der Waals surface area (Å²) >= 11 is 13.4. The van der Waals surface area contributed by atoms with Gasteiger partial charge < -0.3 is 9.64 Å². The summed E-state index contributed by atoms with van der Waals surface area (Å²) in [6.45, 7) is 2.13. The Bertz CT molecular complexity index is 639. The van der Waals surface area contributed by atoms with Gasteiger partial charge in [-0.3, -0.25) is 4.79 Å². The standard InChI is InChI=1S/C15H15Cl2NO3S/c1-15-5-4-13(19)18(15)12(8-22-15)14(20)21-7-9-2-3-10(16)11(17)6-9/h2-3,6,12H,4-5,7-8H2,1H3/t12-,15+/m0/s1. The highest BCUT2D eigenvalue weighted by atomic mass is 35.5. The average molecular weight is 360 g/mol. The zero-order valence-electron chi connectivity index (χ0n) is 12.0. The van der Waals surface area contributed by atoms with E-state index < -0.39 is 6.04 Å². The van der Waals surface area contributed by atoms with E-state index in [1.54, 1.807) is 34.9 Å². The first kappa shape index (κ1) is 16.0. The third kappa shape index (κ3) is 2.82. The number of fused-ring (bicyclic) bond motifs is 1. The molecule has 2 heterocycles. The number of carbonyl (C=O) groups is 2. The minimum atomic E-state index is -0.493. The van der Waals surface area contributed by atoms with Crippen molar-refractivity contribution < 1.29 is 14.3 Å². The van der Waals surface area contributed by atoms with E-state index in [1.807, 2.05) is 6.92 Å². The van der Waals surface area contributed by atoms with Crippen LogP contribution in [0.4, 0.5) is 0 Å². The molecule has 0 unspecified atom stereocenters. The number of ether oxygens (including phenoxy) is 1. The highest BCUT2D eigenvalue weighted by molar-refractivity contribution is 8.01. The molecule has 0 radical (unpaired) electrons. The molecule has 1 aromatic rings. The van der Waals surface area contributed by atoms with Crippen LogP contribution in [0.1, 0.15) is 25.3 Å². The minimum Gasteiger partial charge on any atom is -0.459 e. The predicted octanol–water partition coefficient (Wildman–Crippen LogP) is 3.49. The number of halogens is 2. The second-order valence-electron chi connectivity index (χ2n) is 5.62. The van der Waals surface area contributed by atoms with Crippen LogP contribution < -0.4 is 0 Å². The fourth-order valence-electron chi connectivity index (χ4n) is 2.88. The molecular formula is C15H15Cl2NO3S. The Morgan fingerprint density at radius 2 is 2.23 bits per heavy atom. The van der Waals surface area contributed by atoms with E-state index in [0.717, 1.165) is 12.0 Å². The Kier molecular flexibility index (Phi) is 4.32. The van der Waals surface area contributed by atoms with E-state index in [4.69, 9.17) is 27.9 Å².